The van der Waals surface area contributed by atoms with Gasteiger partial charge >= 0.3 is 5.69 Å². The average Bonchev–Trinajstić information content (AvgIpc) is 2.75. The molecule has 156 valence electrons. The van der Waals surface area contributed by atoms with Crippen molar-refractivity contribution in [3.05, 3.63) is 62.4 Å². The number of methoxy groups -OCH3 is 2. The number of fused-ring (bicyclic) bond motifs is 1. The molecule has 0 unspecified atom stereocenters. The van der Waals surface area contributed by atoms with Gasteiger partial charge in [0.05, 0.1) is 19.9 Å². The Morgan fingerprint density at radius 3 is 2.47 bits per heavy atom. The van der Waals surface area contributed by atoms with Crippen molar-refractivity contribution in [1.82, 2.24) is 14.1 Å². The van der Waals surface area contributed by atoms with Gasteiger partial charge in [-0.05, 0) is 36.3 Å². The molecule has 0 aliphatic rings. The van der Waals surface area contributed by atoms with Crippen LogP contribution < -0.4 is 26.0 Å². The summed E-state index contributed by atoms with van der Waals surface area (Å²) in [5, 5.41) is 2.91. The highest BCUT2D eigenvalue weighted by Gasteiger charge is 2.16. The summed E-state index contributed by atoms with van der Waals surface area (Å²) < 4.78 is 12.7. The van der Waals surface area contributed by atoms with Gasteiger partial charge in [-0.15, -0.1) is 0 Å². The maximum absolute atomic E-state index is 12.7. The Morgan fingerprint density at radius 1 is 1.10 bits per heavy atom. The Labute approximate surface area is 172 Å². The van der Waals surface area contributed by atoms with Gasteiger partial charge in [0, 0.05) is 26.4 Å². The van der Waals surface area contributed by atoms with Gasteiger partial charge in [-0.3, -0.25) is 18.7 Å². The molecular weight excluding hydrogens is 388 g/mol. The molecule has 1 N–H and O–H groups in total. The summed E-state index contributed by atoms with van der Waals surface area (Å²) >= 11 is 0. The van der Waals surface area contributed by atoms with Crippen molar-refractivity contribution in [1.29, 1.82) is 0 Å². The van der Waals surface area contributed by atoms with Gasteiger partial charge in [0.25, 0.3) is 5.56 Å². The number of carbonyl (C=O) groups excluding carboxylic acids is 1. The van der Waals surface area contributed by atoms with Gasteiger partial charge in [-0.1, -0.05) is 6.07 Å². The van der Waals surface area contributed by atoms with E-state index in [9.17, 15) is 14.4 Å². The lowest BCUT2D eigenvalue weighted by Crippen LogP contribution is -2.37. The Bertz CT molecular complexity index is 1290. The molecule has 0 fully saturated rings. The molecule has 0 spiro atoms. The molecule has 1 aromatic carbocycles. The first-order valence-corrected chi connectivity index (χ1v) is 9.05. The fourth-order valence-electron chi connectivity index (χ4n) is 3.08. The van der Waals surface area contributed by atoms with Crippen LogP contribution in [0, 0.1) is 6.92 Å². The second-order valence-corrected chi connectivity index (χ2v) is 6.66. The van der Waals surface area contributed by atoms with Gasteiger partial charge in [0.2, 0.25) is 5.91 Å². The first-order valence-electron chi connectivity index (χ1n) is 9.05. The van der Waals surface area contributed by atoms with Crippen molar-refractivity contribution >= 4 is 28.7 Å². The molecule has 9 nitrogen and oxygen atoms in total. The fourth-order valence-corrected chi connectivity index (χ4v) is 3.08. The predicted octanol–water partition coefficient (Wildman–Crippen LogP) is 1.61. The molecule has 0 atom stereocenters. The molecule has 0 saturated heterocycles. The maximum Gasteiger partial charge on any atom is 0.332 e. The second-order valence-electron chi connectivity index (χ2n) is 6.66. The molecule has 2 aromatic heterocycles. The van der Waals surface area contributed by atoms with E-state index in [1.807, 2.05) is 0 Å². The molecular formula is C21H22N4O5. The zero-order valence-electron chi connectivity index (χ0n) is 17.3. The summed E-state index contributed by atoms with van der Waals surface area (Å²) in [7, 11) is 5.98. The molecule has 9 heteroatoms. The van der Waals surface area contributed by atoms with E-state index in [4.69, 9.17) is 9.47 Å². The third-order valence-electron chi connectivity index (χ3n) is 4.74. The van der Waals surface area contributed by atoms with E-state index in [1.165, 1.54) is 38.0 Å². The Balaban J connectivity index is 1.98. The zero-order chi connectivity index (χ0) is 22.0. The van der Waals surface area contributed by atoms with E-state index in [0.717, 1.165) is 10.1 Å². The molecule has 2 heterocycles. The molecule has 0 aliphatic carbocycles. The van der Waals surface area contributed by atoms with Crippen LogP contribution in [0.15, 0.2) is 40.1 Å². The van der Waals surface area contributed by atoms with Crippen LogP contribution in [0.4, 0.5) is 5.69 Å². The molecule has 30 heavy (non-hydrogen) atoms. The SMILES string of the molecule is COc1ccc(/C=C\C(=O)Nc2c(C)cnc3c2c(=O)n(C)c(=O)n3C)cc1OC. The standard InChI is InChI=1S/C21H22N4O5/c1-12-11-22-19-17(20(27)25(3)21(28)24(19)2)18(12)23-16(26)9-7-13-6-8-14(29-4)15(10-13)30-5/h6-11H,1-5H3,(H,22,23,26)/b9-7-. The molecule has 0 aliphatic heterocycles. The maximum atomic E-state index is 12.7. The molecule has 1 amide bonds. The second kappa shape index (κ2) is 8.24. The van der Waals surface area contributed by atoms with Crippen molar-refractivity contribution in [2.45, 2.75) is 6.92 Å². The topological polar surface area (TPSA) is 104 Å². The molecule has 3 rings (SSSR count). The van der Waals surface area contributed by atoms with Crippen LogP contribution in [-0.2, 0) is 18.9 Å². The van der Waals surface area contributed by atoms with Crippen LogP contribution in [0.1, 0.15) is 11.1 Å². The number of hydrogen-bond acceptors (Lipinski definition) is 6. The van der Waals surface area contributed by atoms with Crippen LogP contribution >= 0.6 is 0 Å². The Kier molecular flexibility index (Phi) is 5.72. The number of pyridine rings is 1. The number of hydrogen-bond donors (Lipinski definition) is 1. The van der Waals surface area contributed by atoms with Gasteiger partial charge in [0.1, 0.15) is 5.39 Å². The predicted molar refractivity (Wildman–Crippen MR) is 114 cm³/mol. The number of rotatable bonds is 5. The molecule has 3 aromatic rings. The largest absolute Gasteiger partial charge is 0.493 e. The average molecular weight is 410 g/mol. The summed E-state index contributed by atoms with van der Waals surface area (Å²) in [6, 6.07) is 5.26. The van der Waals surface area contributed by atoms with Crippen LogP contribution in [0.5, 0.6) is 11.5 Å². The first-order chi connectivity index (χ1) is 14.3. The summed E-state index contributed by atoms with van der Waals surface area (Å²) in [5.41, 5.74) is 0.840. The number of benzene rings is 1. The summed E-state index contributed by atoms with van der Waals surface area (Å²) in [5.74, 6) is 0.691. The van der Waals surface area contributed by atoms with E-state index in [1.54, 1.807) is 38.3 Å². The van der Waals surface area contributed by atoms with Crippen LogP contribution in [0.2, 0.25) is 0 Å². The van der Waals surface area contributed by atoms with Crippen molar-refractivity contribution in [3.63, 3.8) is 0 Å². The fraction of sp³-hybridized carbons (Fsp3) is 0.238. The lowest BCUT2D eigenvalue weighted by molar-refractivity contribution is -0.111. The monoisotopic (exact) mass is 410 g/mol. The van der Waals surface area contributed by atoms with Crippen molar-refractivity contribution in [3.8, 4) is 11.5 Å². The number of nitrogens with one attached hydrogen (secondary N) is 1. The van der Waals surface area contributed by atoms with E-state index < -0.39 is 17.2 Å². The molecule has 0 saturated carbocycles. The molecule has 0 radical (unpaired) electrons. The summed E-state index contributed by atoms with van der Waals surface area (Å²) in [4.78, 5) is 41.6. The third-order valence-corrected chi connectivity index (χ3v) is 4.74. The quantitative estimate of drug-likeness (QED) is 0.641. The number of amides is 1. The van der Waals surface area contributed by atoms with Gasteiger partial charge in [-0.25, -0.2) is 9.78 Å². The highest BCUT2D eigenvalue weighted by molar-refractivity contribution is 6.07. The van der Waals surface area contributed by atoms with Gasteiger partial charge in [0.15, 0.2) is 17.1 Å². The Hall–Kier alpha value is -3.88. The first kappa shape index (κ1) is 20.8. The minimum absolute atomic E-state index is 0.174. The number of aromatic nitrogens is 3. The van der Waals surface area contributed by atoms with E-state index >= 15 is 0 Å². The zero-order valence-corrected chi connectivity index (χ0v) is 17.3. The minimum atomic E-state index is -0.525. The van der Waals surface area contributed by atoms with E-state index in [0.29, 0.717) is 22.7 Å². The minimum Gasteiger partial charge on any atom is -0.493 e. The van der Waals surface area contributed by atoms with Crippen molar-refractivity contribution in [2.75, 3.05) is 19.5 Å². The van der Waals surface area contributed by atoms with Crippen LogP contribution in [0.25, 0.3) is 17.1 Å². The van der Waals surface area contributed by atoms with Gasteiger partial charge in [-0.2, -0.15) is 0 Å². The number of aryl methyl sites for hydroxylation is 2. The van der Waals surface area contributed by atoms with Crippen LogP contribution in [-0.4, -0.2) is 34.2 Å². The van der Waals surface area contributed by atoms with Crippen LogP contribution in [0.3, 0.4) is 0 Å². The normalized spacial score (nSPS) is 11.1. The highest BCUT2D eigenvalue weighted by atomic mass is 16.5. The van der Waals surface area contributed by atoms with E-state index in [-0.39, 0.29) is 11.0 Å². The smallest absolute Gasteiger partial charge is 0.332 e. The highest BCUT2D eigenvalue weighted by Crippen LogP contribution is 2.28. The third kappa shape index (κ3) is 3.69. The van der Waals surface area contributed by atoms with Crippen molar-refractivity contribution < 1.29 is 14.3 Å². The van der Waals surface area contributed by atoms with Crippen molar-refractivity contribution in [2.24, 2.45) is 14.1 Å². The number of nitrogens with zero attached hydrogens (tertiary/aromatic N) is 3. The number of anilines is 1. The summed E-state index contributed by atoms with van der Waals surface area (Å²) in [6.07, 6.45) is 4.47. The lowest BCUT2D eigenvalue weighted by atomic mass is 10.1. The summed E-state index contributed by atoms with van der Waals surface area (Å²) in [6.45, 7) is 1.73. The van der Waals surface area contributed by atoms with Gasteiger partial charge < -0.3 is 14.8 Å². The number of ether oxygens (including phenoxy) is 2. The van der Waals surface area contributed by atoms with E-state index in [2.05, 4.69) is 10.3 Å². The molecule has 0 bridgehead atoms. The Morgan fingerprint density at radius 2 is 1.80 bits per heavy atom. The number of carbonyl (C=O) groups is 1. The lowest BCUT2D eigenvalue weighted by Gasteiger charge is -2.13.